The van der Waals surface area contributed by atoms with Gasteiger partial charge in [0.25, 0.3) is 5.91 Å². The van der Waals surface area contributed by atoms with Crippen molar-refractivity contribution in [3.63, 3.8) is 0 Å². The van der Waals surface area contributed by atoms with Gasteiger partial charge in [0.2, 0.25) is 0 Å². The van der Waals surface area contributed by atoms with E-state index < -0.39 is 0 Å². The smallest absolute Gasteiger partial charge is 0.274 e. The molecule has 0 radical (unpaired) electrons. The number of nitrogens with zero attached hydrogens (tertiary/aromatic N) is 5. The maximum Gasteiger partial charge on any atom is 0.274 e. The molecule has 4 rings (SSSR count). The second-order valence-corrected chi connectivity index (χ2v) is 8.01. The minimum Gasteiger partial charge on any atom is -0.497 e. The highest BCUT2D eigenvalue weighted by Gasteiger charge is 2.26. The number of hydrogen-bond acceptors (Lipinski definition) is 6. The second-order valence-electron chi connectivity index (χ2n) is 8.01. The molecule has 2 aromatic rings. The van der Waals surface area contributed by atoms with Gasteiger partial charge in [-0.05, 0) is 43.5 Å². The number of piperazine rings is 1. The zero-order valence-electron chi connectivity index (χ0n) is 17.3. The molecule has 1 unspecified atom stereocenters. The lowest BCUT2D eigenvalue weighted by atomic mass is 9.99. The SMILES string of the molecule is COc1ccc(CC2CCN(c3cncc(C(=O)N4CCN(C)CC4)n3)C2)cc1. The Morgan fingerprint density at radius 3 is 2.59 bits per heavy atom. The van der Waals surface area contributed by atoms with E-state index in [0.717, 1.165) is 63.7 Å². The molecule has 1 amide bonds. The summed E-state index contributed by atoms with van der Waals surface area (Å²) >= 11 is 0. The van der Waals surface area contributed by atoms with Gasteiger partial charge in [-0.1, -0.05) is 12.1 Å². The van der Waals surface area contributed by atoms with E-state index in [9.17, 15) is 4.79 Å². The molecule has 29 heavy (non-hydrogen) atoms. The van der Waals surface area contributed by atoms with E-state index in [1.807, 2.05) is 17.0 Å². The van der Waals surface area contributed by atoms with Gasteiger partial charge in [-0.15, -0.1) is 0 Å². The topological polar surface area (TPSA) is 61.8 Å². The summed E-state index contributed by atoms with van der Waals surface area (Å²) in [6.45, 7) is 5.17. The van der Waals surface area contributed by atoms with E-state index in [1.165, 1.54) is 5.56 Å². The molecule has 2 aliphatic heterocycles. The Morgan fingerprint density at radius 1 is 1.10 bits per heavy atom. The third-order valence-corrected chi connectivity index (χ3v) is 5.92. The molecule has 3 heterocycles. The molecule has 1 aromatic carbocycles. The van der Waals surface area contributed by atoms with Crippen LogP contribution in [0.3, 0.4) is 0 Å². The van der Waals surface area contributed by atoms with Crippen LogP contribution in [0, 0.1) is 5.92 Å². The van der Waals surface area contributed by atoms with Crippen molar-refractivity contribution in [2.45, 2.75) is 12.8 Å². The Labute approximate surface area is 172 Å². The highest BCUT2D eigenvalue weighted by Crippen LogP contribution is 2.25. The molecule has 2 aliphatic rings. The Kier molecular flexibility index (Phi) is 5.94. The van der Waals surface area contributed by atoms with Gasteiger partial charge in [-0.2, -0.15) is 0 Å². The number of carbonyl (C=O) groups excluding carboxylic acids is 1. The molecule has 0 saturated carbocycles. The molecule has 0 spiro atoms. The number of rotatable bonds is 5. The summed E-state index contributed by atoms with van der Waals surface area (Å²) in [6.07, 6.45) is 5.52. The predicted molar refractivity (Wildman–Crippen MR) is 112 cm³/mol. The third kappa shape index (κ3) is 4.67. The van der Waals surface area contributed by atoms with Crippen LogP contribution >= 0.6 is 0 Å². The lowest BCUT2D eigenvalue weighted by Gasteiger charge is -2.32. The number of carbonyl (C=O) groups is 1. The predicted octanol–water partition coefficient (Wildman–Crippen LogP) is 1.94. The lowest BCUT2D eigenvalue weighted by molar-refractivity contribution is 0.0658. The zero-order valence-corrected chi connectivity index (χ0v) is 17.3. The largest absolute Gasteiger partial charge is 0.497 e. The van der Waals surface area contributed by atoms with Crippen LogP contribution in [0.25, 0.3) is 0 Å². The van der Waals surface area contributed by atoms with Gasteiger partial charge in [0, 0.05) is 39.3 Å². The quantitative estimate of drug-likeness (QED) is 0.771. The molecule has 1 aromatic heterocycles. The van der Waals surface area contributed by atoms with Gasteiger partial charge in [0.05, 0.1) is 19.5 Å². The standard InChI is InChI=1S/C22H29N5O2/c1-25-9-11-26(12-10-25)22(28)20-14-23-15-21(24-20)27-8-7-18(16-27)13-17-3-5-19(29-2)6-4-17/h3-6,14-15,18H,7-13,16H2,1-2H3. The fraction of sp³-hybridized carbons (Fsp3) is 0.500. The summed E-state index contributed by atoms with van der Waals surface area (Å²) in [6, 6.07) is 8.30. The van der Waals surface area contributed by atoms with Crippen molar-refractivity contribution in [1.29, 1.82) is 0 Å². The van der Waals surface area contributed by atoms with Crippen LogP contribution in [-0.2, 0) is 6.42 Å². The van der Waals surface area contributed by atoms with E-state index >= 15 is 0 Å². The van der Waals surface area contributed by atoms with Crippen LogP contribution in [0.2, 0.25) is 0 Å². The van der Waals surface area contributed by atoms with Crippen molar-refractivity contribution in [3.8, 4) is 5.75 Å². The van der Waals surface area contributed by atoms with Crippen LogP contribution in [-0.4, -0.2) is 79.1 Å². The first-order chi connectivity index (χ1) is 14.1. The normalized spacial score (nSPS) is 20.1. The van der Waals surface area contributed by atoms with E-state index in [0.29, 0.717) is 11.6 Å². The molecule has 0 N–H and O–H groups in total. The maximum absolute atomic E-state index is 12.8. The minimum atomic E-state index is -0.0126. The molecule has 1 atom stereocenters. The third-order valence-electron chi connectivity index (χ3n) is 5.92. The van der Waals surface area contributed by atoms with Crippen molar-refractivity contribution >= 4 is 11.7 Å². The fourth-order valence-corrected chi connectivity index (χ4v) is 4.08. The Balaban J connectivity index is 1.37. The highest BCUT2D eigenvalue weighted by atomic mass is 16.5. The molecular weight excluding hydrogens is 366 g/mol. The number of hydrogen-bond donors (Lipinski definition) is 0. The number of likely N-dealkylation sites (N-methyl/N-ethyl adjacent to an activating group) is 1. The number of methoxy groups -OCH3 is 1. The van der Waals surface area contributed by atoms with Gasteiger partial charge in [-0.3, -0.25) is 9.78 Å². The Morgan fingerprint density at radius 2 is 1.86 bits per heavy atom. The fourth-order valence-electron chi connectivity index (χ4n) is 4.08. The summed E-state index contributed by atoms with van der Waals surface area (Å²) in [5.41, 5.74) is 1.77. The number of aromatic nitrogens is 2. The van der Waals surface area contributed by atoms with Crippen molar-refractivity contribution in [3.05, 3.63) is 47.9 Å². The summed E-state index contributed by atoms with van der Waals surface area (Å²) in [7, 11) is 3.77. The van der Waals surface area contributed by atoms with E-state index in [-0.39, 0.29) is 5.91 Å². The van der Waals surface area contributed by atoms with Crippen molar-refractivity contribution in [2.75, 3.05) is 58.3 Å². The van der Waals surface area contributed by atoms with E-state index in [1.54, 1.807) is 19.5 Å². The summed E-state index contributed by atoms with van der Waals surface area (Å²) in [4.78, 5) is 28.1. The molecule has 7 heteroatoms. The lowest BCUT2D eigenvalue weighted by Crippen LogP contribution is -2.47. The van der Waals surface area contributed by atoms with Gasteiger partial charge < -0.3 is 19.4 Å². The number of ether oxygens (including phenoxy) is 1. The molecule has 2 fully saturated rings. The molecule has 154 valence electrons. The molecule has 0 aliphatic carbocycles. The van der Waals surface area contributed by atoms with Crippen molar-refractivity contribution in [2.24, 2.45) is 5.92 Å². The summed E-state index contributed by atoms with van der Waals surface area (Å²) in [5, 5.41) is 0. The zero-order chi connectivity index (χ0) is 20.2. The monoisotopic (exact) mass is 395 g/mol. The second kappa shape index (κ2) is 8.78. The van der Waals surface area contributed by atoms with Gasteiger partial charge in [0.15, 0.2) is 0 Å². The van der Waals surface area contributed by atoms with Crippen LogP contribution in [0.15, 0.2) is 36.7 Å². The summed E-state index contributed by atoms with van der Waals surface area (Å²) < 4.78 is 5.24. The first kappa shape index (κ1) is 19.6. The van der Waals surface area contributed by atoms with Crippen LogP contribution < -0.4 is 9.64 Å². The molecule has 2 saturated heterocycles. The molecule has 7 nitrogen and oxygen atoms in total. The minimum absolute atomic E-state index is 0.0126. The van der Waals surface area contributed by atoms with Gasteiger partial charge in [0.1, 0.15) is 17.3 Å². The van der Waals surface area contributed by atoms with Crippen molar-refractivity contribution in [1.82, 2.24) is 19.8 Å². The number of amides is 1. The average Bonchev–Trinajstić information content (AvgIpc) is 3.23. The van der Waals surface area contributed by atoms with E-state index in [4.69, 9.17) is 4.74 Å². The first-order valence-electron chi connectivity index (χ1n) is 10.3. The molecule has 0 bridgehead atoms. The van der Waals surface area contributed by atoms with Gasteiger partial charge in [-0.25, -0.2) is 4.98 Å². The van der Waals surface area contributed by atoms with E-state index in [2.05, 4.69) is 38.9 Å². The Hall–Kier alpha value is -2.67. The number of benzene rings is 1. The maximum atomic E-state index is 12.8. The molecular formula is C22H29N5O2. The van der Waals surface area contributed by atoms with Crippen molar-refractivity contribution < 1.29 is 9.53 Å². The van der Waals surface area contributed by atoms with Crippen LogP contribution in [0.4, 0.5) is 5.82 Å². The van der Waals surface area contributed by atoms with Crippen LogP contribution in [0.5, 0.6) is 5.75 Å². The highest BCUT2D eigenvalue weighted by molar-refractivity contribution is 5.92. The van der Waals surface area contributed by atoms with Gasteiger partial charge >= 0.3 is 0 Å². The first-order valence-corrected chi connectivity index (χ1v) is 10.3. The average molecular weight is 396 g/mol. The van der Waals surface area contributed by atoms with Crippen LogP contribution in [0.1, 0.15) is 22.5 Å². The Bertz CT molecular complexity index is 833. The number of anilines is 1. The summed E-state index contributed by atoms with van der Waals surface area (Å²) in [5.74, 6) is 2.25.